The summed E-state index contributed by atoms with van der Waals surface area (Å²) in [4.78, 5) is 27.6. The average molecular weight is 425 g/mol. The number of amides is 2. The molecule has 0 aliphatic heterocycles. The van der Waals surface area contributed by atoms with Gasteiger partial charge >= 0.3 is 0 Å². The van der Waals surface area contributed by atoms with Crippen molar-refractivity contribution in [1.29, 1.82) is 0 Å². The fourth-order valence-electron chi connectivity index (χ4n) is 3.38. The Morgan fingerprint density at radius 1 is 1.00 bits per heavy atom. The first-order valence-electron chi connectivity index (χ1n) is 10.9. The summed E-state index contributed by atoms with van der Waals surface area (Å²) in [5.74, 6) is 0.679. The van der Waals surface area contributed by atoms with Crippen molar-refractivity contribution < 1.29 is 14.3 Å². The molecular weight excluding hydrogens is 388 g/mol. The predicted octanol–water partition coefficient (Wildman–Crippen LogP) is 4.49. The number of nitrogens with one attached hydrogen (secondary N) is 1. The Balaban J connectivity index is 2.21. The zero-order valence-electron chi connectivity index (χ0n) is 19.9. The van der Waals surface area contributed by atoms with Crippen molar-refractivity contribution in [2.75, 3.05) is 13.2 Å². The molecule has 2 rings (SSSR count). The highest BCUT2D eigenvalue weighted by atomic mass is 16.5. The maximum absolute atomic E-state index is 13.2. The maximum Gasteiger partial charge on any atom is 0.261 e. The molecular formula is C26H36N2O3. The first-order valence-corrected chi connectivity index (χ1v) is 10.9. The van der Waals surface area contributed by atoms with E-state index in [1.54, 1.807) is 11.8 Å². The van der Waals surface area contributed by atoms with Crippen LogP contribution in [0, 0.1) is 33.6 Å². The zero-order valence-corrected chi connectivity index (χ0v) is 19.9. The van der Waals surface area contributed by atoms with Crippen LogP contribution in [0.2, 0.25) is 0 Å². The van der Waals surface area contributed by atoms with Crippen molar-refractivity contribution in [3.05, 3.63) is 64.2 Å². The van der Waals surface area contributed by atoms with Gasteiger partial charge in [-0.15, -0.1) is 0 Å². The van der Waals surface area contributed by atoms with E-state index in [2.05, 4.69) is 11.4 Å². The number of hydrogen-bond acceptors (Lipinski definition) is 3. The van der Waals surface area contributed by atoms with Crippen LogP contribution in [0.5, 0.6) is 5.75 Å². The Bertz CT molecular complexity index is 921. The van der Waals surface area contributed by atoms with E-state index in [1.807, 2.05) is 71.9 Å². The minimum Gasteiger partial charge on any atom is -0.483 e. The van der Waals surface area contributed by atoms with Crippen LogP contribution in [0.15, 0.2) is 36.4 Å². The number of ether oxygens (including phenoxy) is 1. The van der Waals surface area contributed by atoms with E-state index in [4.69, 9.17) is 4.74 Å². The topological polar surface area (TPSA) is 58.6 Å². The zero-order chi connectivity index (χ0) is 23.1. The normalized spacial score (nSPS) is 11.9. The van der Waals surface area contributed by atoms with E-state index >= 15 is 0 Å². The molecule has 0 aromatic heterocycles. The van der Waals surface area contributed by atoms with Crippen molar-refractivity contribution in [1.82, 2.24) is 10.2 Å². The van der Waals surface area contributed by atoms with E-state index in [-0.39, 0.29) is 18.4 Å². The van der Waals surface area contributed by atoms with E-state index in [0.717, 1.165) is 27.8 Å². The third-order valence-electron chi connectivity index (χ3n) is 5.57. The maximum atomic E-state index is 13.2. The molecule has 0 unspecified atom stereocenters. The lowest BCUT2D eigenvalue weighted by molar-refractivity contribution is -0.142. The lowest BCUT2D eigenvalue weighted by Crippen LogP contribution is -2.49. The van der Waals surface area contributed by atoms with E-state index < -0.39 is 6.04 Å². The highest BCUT2D eigenvalue weighted by Gasteiger charge is 2.27. The molecule has 0 saturated carbocycles. The van der Waals surface area contributed by atoms with Crippen molar-refractivity contribution in [2.24, 2.45) is 5.92 Å². The van der Waals surface area contributed by atoms with Gasteiger partial charge in [-0.05, 0) is 74.4 Å². The molecule has 2 aromatic rings. The number of aryl methyl sites for hydroxylation is 3. The van der Waals surface area contributed by atoms with Gasteiger partial charge < -0.3 is 15.0 Å². The SMILES string of the molecule is Cc1cc(C)c(C)c(OCC(=O)N(Cc2ccccc2C)[C@H](C)C(=O)NCC(C)C)c1. The average Bonchev–Trinajstić information content (AvgIpc) is 2.72. The first kappa shape index (κ1) is 24.4. The number of carbonyl (C=O) groups is 2. The lowest BCUT2D eigenvalue weighted by atomic mass is 10.1. The smallest absolute Gasteiger partial charge is 0.261 e. The molecule has 0 aliphatic rings. The van der Waals surface area contributed by atoms with Gasteiger partial charge in [0.25, 0.3) is 5.91 Å². The standard InChI is InChI=1S/C26H36N2O3/c1-17(2)14-27-26(30)22(7)28(15-23-11-9-8-10-19(23)4)25(29)16-31-24-13-18(3)12-20(5)21(24)6/h8-13,17,22H,14-16H2,1-7H3,(H,27,30)/t22-/m1/s1. The van der Waals surface area contributed by atoms with E-state index in [1.165, 1.54) is 0 Å². The summed E-state index contributed by atoms with van der Waals surface area (Å²) in [6.45, 7) is 14.7. The highest BCUT2D eigenvalue weighted by Crippen LogP contribution is 2.23. The molecule has 1 atom stereocenters. The molecule has 0 heterocycles. The summed E-state index contributed by atoms with van der Waals surface area (Å²) in [7, 11) is 0. The van der Waals surface area contributed by atoms with Crippen molar-refractivity contribution in [2.45, 2.75) is 61.1 Å². The Hall–Kier alpha value is -2.82. The monoisotopic (exact) mass is 424 g/mol. The summed E-state index contributed by atoms with van der Waals surface area (Å²) < 4.78 is 5.91. The third kappa shape index (κ3) is 6.84. The van der Waals surface area contributed by atoms with Crippen LogP contribution in [-0.2, 0) is 16.1 Å². The van der Waals surface area contributed by atoms with Crippen molar-refractivity contribution in [3.63, 3.8) is 0 Å². The van der Waals surface area contributed by atoms with Gasteiger partial charge in [-0.3, -0.25) is 9.59 Å². The van der Waals surface area contributed by atoms with Crippen molar-refractivity contribution >= 4 is 11.8 Å². The summed E-state index contributed by atoms with van der Waals surface area (Å²) in [5, 5.41) is 2.94. The van der Waals surface area contributed by atoms with Gasteiger partial charge in [0.15, 0.2) is 6.61 Å². The quantitative estimate of drug-likeness (QED) is 0.645. The number of benzene rings is 2. The second kappa shape index (κ2) is 11.0. The van der Waals surface area contributed by atoms with Gasteiger partial charge in [0.2, 0.25) is 5.91 Å². The second-order valence-electron chi connectivity index (χ2n) is 8.76. The molecule has 0 aliphatic carbocycles. The number of carbonyl (C=O) groups excluding carboxylic acids is 2. The third-order valence-corrected chi connectivity index (χ3v) is 5.57. The number of rotatable bonds is 9. The minimum absolute atomic E-state index is 0.114. The molecule has 31 heavy (non-hydrogen) atoms. The van der Waals surface area contributed by atoms with Crippen LogP contribution in [0.25, 0.3) is 0 Å². The van der Waals surface area contributed by atoms with Crippen LogP contribution in [-0.4, -0.2) is 35.9 Å². The molecule has 0 radical (unpaired) electrons. The van der Waals surface area contributed by atoms with Gasteiger partial charge in [-0.1, -0.05) is 44.2 Å². The lowest BCUT2D eigenvalue weighted by Gasteiger charge is -2.29. The van der Waals surface area contributed by atoms with Gasteiger partial charge in [0.05, 0.1) is 0 Å². The summed E-state index contributed by atoms with van der Waals surface area (Å²) in [6, 6.07) is 11.4. The summed E-state index contributed by atoms with van der Waals surface area (Å²) >= 11 is 0. The van der Waals surface area contributed by atoms with Gasteiger partial charge in [0.1, 0.15) is 11.8 Å². The van der Waals surface area contributed by atoms with Crippen LogP contribution < -0.4 is 10.1 Å². The van der Waals surface area contributed by atoms with E-state index in [9.17, 15) is 9.59 Å². The first-order chi connectivity index (χ1) is 14.6. The van der Waals surface area contributed by atoms with Crippen LogP contribution >= 0.6 is 0 Å². The molecule has 0 spiro atoms. The van der Waals surface area contributed by atoms with Crippen LogP contribution in [0.1, 0.15) is 48.6 Å². The summed E-state index contributed by atoms with van der Waals surface area (Å²) in [5.41, 5.74) is 5.33. The molecule has 0 bridgehead atoms. The Morgan fingerprint density at radius 2 is 1.68 bits per heavy atom. The second-order valence-corrected chi connectivity index (χ2v) is 8.76. The van der Waals surface area contributed by atoms with Crippen LogP contribution in [0.4, 0.5) is 0 Å². The molecule has 168 valence electrons. The highest BCUT2D eigenvalue weighted by molar-refractivity contribution is 5.88. The summed E-state index contributed by atoms with van der Waals surface area (Å²) in [6.07, 6.45) is 0. The fourth-order valence-corrected chi connectivity index (χ4v) is 3.38. The number of hydrogen-bond donors (Lipinski definition) is 1. The molecule has 0 saturated heterocycles. The molecule has 2 aromatic carbocycles. The van der Waals surface area contributed by atoms with E-state index in [0.29, 0.717) is 24.8 Å². The predicted molar refractivity (Wildman–Crippen MR) is 125 cm³/mol. The molecule has 0 fully saturated rings. The Kier molecular flexibility index (Phi) is 8.66. The minimum atomic E-state index is -0.602. The Morgan fingerprint density at radius 3 is 2.32 bits per heavy atom. The largest absolute Gasteiger partial charge is 0.483 e. The van der Waals surface area contributed by atoms with Crippen molar-refractivity contribution in [3.8, 4) is 5.75 Å². The van der Waals surface area contributed by atoms with Crippen LogP contribution in [0.3, 0.4) is 0 Å². The number of nitrogens with zero attached hydrogens (tertiary/aromatic N) is 1. The molecule has 5 heteroatoms. The van der Waals surface area contributed by atoms with Gasteiger partial charge in [-0.2, -0.15) is 0 Å². The molecule has 2 amide bonds. The molecule has 5 nitrogen and oxygen atoms in total. The van der Waals surface area contributed by atoms with Gasteiger partial charge in [0, 0.05) is 13.1 Å². The Labute approximate surface area is 186 Å². The fraction of sp³-hybridized carbons (Fsp3) is 0.462. The molecule has 1 N–H and O–H groups in total. The van der Waals surface area contributed by atoms with Gasteiger partial charge in [-0.25, -0.2) is 0 Å².